The van der Waals surface area contributed by atoms with E-state index in [9.17, 15) is 5.11 Å². The Morgan fingerprint density at radius 3 is 2.76 bits per heavy atom. The normalized spacial score (nSPS) is 15.3. The van der Waals surface area contributed by atoms with Crippen LogP contribution < -0.4 is 4.74 Å². The molecule has 1 atom stereocenters. The van der Waals surface area contributed by atoms with Crippen molar-refractivity contribution < 1.29 is 14.6 Å². The van der Waals surface area contributed by atoms with Crippen LogP contribution in [0.5, 0.6) is 5.75 Å². The third-order valence-electron chi connectivity index (χ3n) is 3.83. The highest BCUT2D eigenvalue weighted by atomic mass is 16.5. The summed E-state index contributed by atoms with van der Waals surface area (Å²) in [5, 5.41) is 15.1. The molecule has 1 aliphatic heterocycles. The lowest BCUT2D eigenvalue weighted by Crippen LogP contribution is -2.13. The summed E-state index contributed by atoms with van der Waals surface area (Å²) in [6.45, 7) is 5.31. The highest BCUT2D eigenvalue weighted by Gasteiger charge is 2.24. The molecule has 1 aromatic heterocycles. The molecule has 2 heterocycles. The Hall–Kier alpha value is -1.85. The van der Waals surface area contributed by atoms with Gasteiger partial charge in [0.1, 0.15) is 11.8 Å². The van der Waals surface area contributed by atoms with E-state index in [0.29, 0.717) is 24.7 Å². The third kappa shape index (κ3) is 2.43. The van der Waals surface area contributed by atoms with E-state index in [0.717, 1.165) is 11.1 Å². The predicted octanol–water partition coefficient (Wildman–Crippen LogP) is 2.58. The number of methoxy groups -OCH3 is 1. The molecule has 1 N–H and O–H groups in total. The molecule has 21 heavy (non-hydrogen) atoms. The van der Waals surface area contributed by atoms with E-state index in [1.807, 2.05) is 32.0 Å². The van der Waals surface area contributed by atoms with Gasteiger partial charge in [-0.1, -0.05) is 18.2 Å². The maximum absolute atomic E-state index is 10.8. The summed E-state index contributed by atoms with van der Waals surface area (Å²) in [6, 6.07) is 6.11. The zero-order valence-corrected chi connectivity index (χ0v) is 12.5. The van der Waals surface area contributed by atoms with Crippen molar-refractivity contribution in [3.05, 3.63) is 46.8 Å². The van der Waals surface area contributed by atoms with Crippen LogP contribution in [0.4, 0.5) is 0 Å². The van der Waals surface area contributed by atoms with Crippen LogP contribution >= 0.6 is 0 Å². The van der Waals surface area contributed by atoms with Gasteiger partial charge in [-0.05, 0) is 30.5 Å². The van der Waals surface area contributed by atoms with Crippen molar-refractivity contribution in [3.63, 3.8) is 0 Å². The van der Waals surface area contributed by atoms with Gasteiger partial charge in [0.25, 0.3) is 0 Å². The summed E-state index contributed by atoms with van der Waals surface area (Å²) in [5.41, 5.74) is 3.85. The second-order valence-corrected chi connectivity index (χ2v) is 5.56. The van der Waals surface area contributed by atoms with Crippen molar-refractivity contribution in [1.82, 2.24) is 9.78 Å². The van der Waals surface area contributed by atoms with Gasteiger partial charge in [-0.3, -0.25) is 4.68 Å². The van der Waals surface area contributed by atoms with Crippen molar-refractivity contribution in [2.75, 3.05) is 7.11 Å². The number of ether oxygens (including phenoxy) is 2. The minimum Gasteiger partial charge on any atom is -0.493 e. The van der Waals surface area contributed by atoms with Crippen LogP contribution in [0.3, 0.4) is 0 Å². The lowest BCUT2D eigenvalue weighted by molar-refractivity contribution is 0.134. The molecule has 0 spiro atoms. The van der Waals surface area contributed by atoms with Gasteiger partial charge in [0.15, 0.2) is 5.75 Å². The molecule has 0 amide bonds. The zero-order valence-electron chi connectivity index (χ0n) is 12.5. The van der Waals surface area contributed by atoms with Crippen LogP contribution in [0.2, 0.25) is 0 Å². The summed E-state index contributed by atoms with van der Waals surface area (Å²) in [7, 11) is 1.59. The minimum atomic E-state index is -0.768. The van der Waals surface area contributed by atoms with Crippen LogP contribution in [0.25, 0.3) is 0 Å². The van der Waals surface area contributed by atoms with Crippen molar-refractivity contribution >= 4 is 0 Å². The van der Waals surface area contributed by atoms with Crippen molar-refractivity contribution in [1.29, 1.82) is 0 Å². The highest BCUT2D eigenvalue weighted by molar-refractivity contribution is 5.39. The smallest absolute Gasteiger partial charge is 0.163 e. The number of hydrogen-bond donors (Lipinski definition) is 1. The Bertz CT molecular complexity index is 649. The first-order valence-electron chi connectivity index (χ1n) is 7.10. The molecular formula is C16H20N2O3. The molecule has 2 aromatic rings. The minimum absolute atomic E-state index is 0.149. The molecule has 0 bridgehead atoms. The van der Waals surface area contributed by atoms with Crippen LogP contribution in [0.15, 0.2) is 24.4 Å². The first-order chi connectivity index (χ1) is 10.1. The van der Waals surface area contributed by atoms with Gasteiger partial charge < -0.3 is 14.6 Å². The van der Waals surface area contributed by atoms with Gasteiger partial charge in [-0.25, -0.2) is 0 Å². The first kappa shape index (κ1) is 14.1. The lowest BCUT2D eigenvalue weighted by atomic mass is 10.0. The average molecular weight is 288 g/mol. The first-order valence-corrected chi connectivity index (χ1v) is 7.10. The summed E-state index contributed by atoms with van der Waals surface area (Å²) >= 11 is 0. The molecule has 112 valence electrons. The fourth-order valence-corrected chi connectivity index (χ4v) is 2.70. The standard InChI is InChI=1S/C16H20N2O3/c1-10(2)18-15(14(20-3)7-17-18)16(19)11-4-5-12-8-21-9-13(12)6-11/h4-7,10,16,19H,8-9H2,1-3H3. The van der Waals surface area contributed by atoms with Crippen LogP contribution in [0.1, 0.15) is 48.4 Å². The molecule has 5 nitrogen and oxygen atoms in total. The molecule has 0 saturated carbocycles. The van der Waals surface area contributed by atoms with Crippen molar-refractivity contribution in [2.24, 2.45) is 0 Å². The van der Waals surface area contributed by atoms with Crippen LogP contribution in [-0.2, 0) is 18.0 Å². The number of aromatic nitrogens is 2. The molecule has 0 saturated heterocycles. The zero-order chi connectivity index (χ0) is 15.0. The molecule has 0 radical (unpaired) electrons. The van der Waals surface area contributed by atoms with E-state index >= 15 is 0 Å². The Morgan fingerprint density at radius 1 is 1.29 bits per heavy atom. The van der Waals surface area contributed by atoms with Gasteiger partial charge in [-0.15, -0.1) is 0 Å². The van der Waals surface area contributed by atoms with Gasteiger partial charge in [0, 0.05) is 6.04 Å². The fourth-order valence-electron chi connectivity index (χ4n) is 2.70. The van der Waals surface area contributed by atoms with E-state index in [4.69, 9.17) is 9.47 Å². The molecule has 1 aliphatic rings. The molecule has 0 aliphatic carbocycles. The second kappa shape index (κ2) is 5.50. The Balaban J connectivity index is 2.02. The molecule has 3 rings (SSSR count). The quantitative estimate of drug-likeness (QED) is 0.939. The van der Waals surface area contributed by atoms with Gasteiger partial charge in [0.2, 0.25) is 0 Å². The van der Waals surface area contributed by atoms with Gasteiger partial charge in [0.05, 0.1) is 26.5 Å². The summed E-state index contributed by atoms with van der Waals surface area (Å²) in [5.74, 6) is 0.605. The summed E-state index contributed by atoms with van der Waals surface area (Å²) < 4.78 is 12.6. The Labute approximate surface area is 124 Å². The number of hydrogen-bond acceptors (Lipinski definition) is 4. The monoisotopic (exact) mass is 288 g/mol. The number of fused-ring (bicyclic) bond motifs is 1. The van der Waals surface area contributed by atoms with Gasteiger partial charge >= 0.3 is 0 Å². The number of rotatable bonds is 4. The van der Waals surface area contributed by atoms with Crippen molar-refractivity contribution in [3.8, 4) is 5.75 Å². The van der Waals surface area contributed by atoms with Crippen molar-refractivity contribution in [2.45, 2.75) is 39.2 Å². The SMILES string of the molecule is COc1cnn(C(C)C)c1C(O)c1ccc2c(c1)COC2. The summed E-state index contributed by atoms with van der Waals surface area (Å²) in [4.78, 5) is 0. The molecule has 5 heteroatoms. The van der Waals surface area contributed by atoms with E-state index in [-0.39, 0.29) is 6.04 Å². The number of benzene rings is 1. The number of aliphatic hydroxyl groups is 1. The number of nitrogens with zero attached hydrogens (tertiary/aromatic N) is 2. The summed E-state index contributed by atoms with van der Waals surface area (Å²) in [6.07, 6.45) is 0.880. The molecule has 0 fully saturated rings. The predicted molar refractivity (Wildman–Crippen MR) is 78.2 cm³/mol. The number of aliphatic hydroxyl groups excluding tert-OH is 1. The maximum atomic E-state index is 10.8. The maximum Gasteiger partial charge on any atom is 0.163 e. The molecular weight excluding hydrogens is 268 g/mol. The highest BCUT2D eigenvalue weighted by Crippen LogP contribution is 2.33. The third-order valence-corrected chi connectivity index (χ3v) is 3.83. The fraction of sp³-hybridized carbons (Fsp3) is 0.438. The average Bonchev–Trinajstić information content (AvgIpc) is 3.11. The van der Waals surface area contributed by atoms with E-state index in [1.54, 1.807) is 18.0 Å². The molecule has 1 aromatic carbocycles. The topological polar surface area (TPSA) is 56.5 Å². The second-order valence-electron chi connectivity index (χ2n) is 5.56. The van der Waals surface area contributed by atoms with Crippen LogP contribution in [-0.4, -0.2) is 22.0 Å². The Morgan fingerprint density at radius 2 is 2.05 bits per heavy atom. The van der Waals surface area contributed by atoms with Crippen LogP contribution in [0, 0.1) is 0 Å². The molecule has 1 unspecified atom stereocenters. The largest absolute Gasteiger partial charge is 0.493 e. The van der Waals surface area contributed by atoms with Gasteiger partial charge in [-0.2, -0.15) is 5.10 Å². The Kier molecular flexibility index (Phi) is 3.69. The van der Waals surface area contributed by atoms with E-state index in [1.165, 1.54) is 5.56 Å². The van der Waals surface area contributed by atoms with E-state index < -0.39 is 6.10 Å². The lowest BCUT2D eigenvalue weighted by Gasteiger charge is -2.18. The van der Waals surface area contributed by atoms with E-state index in [2.05, 4.69) is 5.10 Å².